The van der Waals surface area contributed by atoms with E-state index in [2.05, 4.69) is 4.72 Å². The van der Waals surface area contributed by atoms with Gasteiger partial charge in [0.2, 0.25) is 0 Å². The molecule has 6 nitrogen and oxygen atoms in total. The zero-order valence-corrected chi connectivity index (χ0v) is 15.3. The van der Waals surface area contributed by atoms with Gasteiger partial charge in [0, 0.05) is 16.6 Å². The van der Waals surface area contributed by atoms with Gasteiger partial charge in [0.25, 0.3) is 10.0 Å². The van der Waals surface area contributed by atoms with Crippen LogP contribution in [0, 0.1) is 0 Å². The minimum Gasteiger partial charge on any atom is -0.478 e. The number of rotatable bonds is 5. The highest BCUT2D eigenvalue weighted by atomic mass is 32.2. The molecular weight excluding hydrogens is 378 g/mol. The predicted molar refractivity (Wildman–Crippen MR) is 106 cm³/mol. The zero-order chi connectivity index (χ0) is 19.7. The van der Waals surface area contributed by atoms with Crippen LogP contribution in [0.3, 0.4) is 0 Å². The number of furan rings is 1. The maximum absolute atomic E-state index is 12.5. The van der Waals surface area contributed by atoms with Crippen LogP contribution in [-0.2, 0) is 10.0 Å². The quantitative estimate of drug-likeness (QED) is 0.517. The van der Waals surface area contributed by atoms with Crippen molar-refractivity contribution in [1.29, 1.82) is 0 Å². The summed E-state index contributed by atoms with van der Waals surface area (Å²) >= 11 is 0. The van der Waals surface area contributed by atoms with Gasteiger partial charge in [0.1, 0.15) is 16.9 Å². The summed E-state index contributed by atoms with van der Waals surface area (Å²) in [6, 6.07) is 21.4. The second-order valence-corrected chi connectivity index (χ2v) is 7.79. The number of hydrogen-bond donors (Lipinski definition) is 2. The topological polar surface area (TPSA) is 96.6 Å². The van der Waals surface area contributed by atoms with E-state index in [4.69, 9.17) is 4.42 Å². The lowest BCUT2D eigenvalue weighted by Gasteiger charge is -2.08. The van der Waals surface area contributed by atoms with Gasteiger partial charge in [-0.2, -0.15) is 0 Å². The lowest BCUT2D eigenvalue weighted by molar-refractivity contribution is 0.0699. The van der Waals surface area contributed by atoms with E-state index in [0.29, 0.717) is 16.5 Å². The molecule has 0 saturated heterocycles. The summed E-state index contributed by atoms with van der Waals surface area (Å²) in [5.74, 6) is -0.924. The van der Waals surface area contributed by atoms with Gasteiger partial charge in [0.05, 0.1) is 4.90 Å². The Morgan fingerprint density at radius 1 is 0.893 bits per heavy atom. The highest BCUT2D eigenvalue weighted by Gasteiger charge is 2.22. The van der Waals surface area contributed by atoms with Crippen LogP contribution < -0.4 is 4.72 Å². The van der Waals surface area contributed by atoms with Crippen LogP contribution in [-0.4, -0.2) is 19.5 Å². The molecule has 0 radical (unpaired) electrons. The molecule has 1 heterocycles. The number of nitrogens with one attached hydrogen (secondary N) is 1. The SMILES string of the molecule is O=C(O)c1c(-c2ccccc2)oc2ccc(NS(=O)(=O)c3ccccc3)cc12. The van der Waals surface area contributed by atoms with Crippen molar-refractivity contribution in [2.24, 2.45) is 0 Å². The molecule has 0 fully saturated rings. The fraction of sp³-hybridized carbons (Fsp3) is 0. The molecule has 0 amide bonds. The van der Waals surface area contributed by atoms with Crippen LogP contribution in [0.1, 0.15) is 10.4 Å². The van der Waals surface area contributed by atoms with Gasteiger partial charge in [-0.25, -0.2) is 13.2 Å². The third-order valence-corrected chi connectivity index (χ3v) is 5.64. The van der Waals surface area contributed by atoms with Crippen LogP contribution in [0.25, 0.3) is 22.3 Å². The van der Waals surface area contributed by atoms with Crippen molar-refractivity contribution in [1.82, 2.24) is 0 Å². The van der Waals surface area contributed by atoms with Crippen molar-refractivity contribution < 1.29 is 22.7 Å². The molecule has 0 aliphatic rings. The first-order chi connectivity index (χ1) is 13.5. The molecule has 0 saturated carbocycles. The summed E-state index contributed by atoms with van der Waals surface area (Å²) in [5.41, 5.74) is 1.22. The summed E-state index contributed by atoms with van der Waals surface area (Å²) < 4.78 is 33.3. The molecule has 0 aliphatic heterocycles. The minimum absolute atomic E-state index is 0.0121. The van der Waals surface area contributed by atoms with Gasteiger partial charge in [-0.05, 0) is 30.3 Å². The first-order valence-corrected chi connectivity index (χ1v) is 9.87. The number of anilines is 1. The van der Waals surface area contributed by atoms with Gasteiger partial charge in [-0.3, -0.25) is 4.72 Å². The van der Waals surface area contributed by atoms with E-state index in [9.17, 15) is 18.3 Å². The van der Waals surface area contributed by atoms with Crippen molar-refractivity contribution in [3.8, 4) is 11.3 Å². The molecule has 4 rings (SSSR count). The Bertz CT molecular complexity index is 1260. The van der Waals surface area contributed by atoms with E-state index < -0.39 is 16.0 Å². The van der Waals surface area contributed by atoms with Gasteiger partial charge in [-0.1, -0.05) is 48.5 Å². The lowest BCUT2D eigenvalue weighted by atomic mass is 10.1. The number of carbonyl (C=O) groups is 1. The average molecular weight is 393 g/mol. The zero-order valence-electron chi connectivity index (χ0n) is 14.5. The van der Waals surface area contributed by atoms with Crippen molar-refractivity contribution in [2.45, 2.75) is 4.90 Å². The second-order valence-electron chi connectivity index (χ2n) is 6.11. The van der Waals surface area contributed by atoms with Gasteiger partial charge >= 0.3 is 5.97 Å². The Kier molecular flexibility index (Phi) is 4.37. The Hall–Kier alpha value is -3.58. The molecule has 4 aromatic rings. The number of benzene rings is 3. The lowest BCUT2D eigenvalue weighted by Crippen LogP contribution is -2.12. The predicted octanol–water partition coefficient (Wildman–Crippen LogP) is 4.60. The molecule has 0 aliphatic carbocycles. The molecule has 28 heavy (non-hydrogen) atoms. The number of carboxylic acids is 1. The number of sulfonamides is 1. The van der Waals surface area contributed by atoms with Crippen LogP contribution in [0.5, 0.6) is 0 Å². The molecule has 2 N–H and O–H groups in total. The monoisotopic (exact) mass is 393 g/mol. The third-order valence-electron chi connectivity index (χ3n) is 4.24. The molecule has 140 valence electrons. The van der Waals surface area contributed by atoms with E-state index in [1.807, 2.05) is 6.07 Å². The first kappa shape index (κ1) is 17.8. The highest BCUT2D eigenvalue weighted by Crippen LogP contribution is 2.35. The molecule has 0 spiro atoms. The van der Waals surface area contributed by atoms with E-state index in [-0.39, 0.29) is 21.9 Å². The molecule has 0 unspecified atom stereocenters. The van der Waals surface area contributed by atoms with E-state index in [0.717, 1.165) is 0 Å². The molecule has 0 atom stereocenters. The smallest absolute Gasteiger partial charge is 0.340 e. The van der Waals surface area contributed by atoms with Crippen LogP contribution in [0.15, 0.2) is 88.2 Å². The van der Waals surface area contributed by atoms with E-state index in [1.165, 1.54) is 24.3 Å². The summed E-state index contributed by atoms with van der Waals surface area (Å²) in [5, 5.41) is 10.0. The largest absolute Gasteiger partial charge is 0.478 e. The Labute approximate surface area is 161 Å². The number of carboxylic acid groups (broad SMARTS) is 1. The summed E-state index contributed by atoms with van der Waals surface area (Å²) in [4.78, 5) is 12.0. The second kappa shape index (κ2) is 6.86. The normalized spacial score (nSPS) is 11.4. The van der Waals surface area contributed by atoms with Gasteiger partial charge in [-0.15, -0.1) is 0 Å². The van der Waals surface area contributed by atoms with Crippen molar-refractivity contribution in [2.75, 3.05) is 4.72 Å². The van der Waals surface area contributed by atoms with Gasteiger partial charge < -0.3 is 9.52 Å². The number of fused-ring (bicyclic) bond motifs is 1. The summed E-state index contributed by atoms with van der Waals surface area (Å²) in [6.07, 6.45) is 0. The Balaban J connectivity index is 1.81. The molecular formula is C21H15NO5S. The maximum atomic E-state index is 12.5. The molecule has 3 aromatic carbocycles. The minimum atomic E-state index is -3.79. The highest BCUT2D eigenvalue weighted by molar-refractivity contribution is 7.92. The molecule has 1 aromatic heterocycles. The van der Waals surface area contributed by atoms with Crippen molar-refractivity contribution in [3.05, 3.63) is 84.4 Å². The third kappa shape index (κ3) is 3.23. The maximum Gasteiger partial charge on any atom is 0.340 e. The average Bonchev–Trinajstić information content (AvgIpc) is 3.08. The van der Waals surface area contributed by atoms with Crippen LogP contribution in [0.2, 0.25) is 0 Å². The first-order valence-electron chi connectivity index (χ1n) is 8.39. The van der Waals surface area contributed by atoms with E-state index >= 15 is 0 Å². The van der Waals surface area contributed by atoms with Crippen molar-refractivity contribution >= 4 is 32.6 Å². The van der Waals surface area contributed by atoms with Gasteiger partial charge in [0.15, 0.2) is 0 Å². The summed E-state index contributed by atoms with van der Waals surface area (Å²) in [7, 11) is -3.79. The summed E-state index contributed by atoms with van der Waals surface area (Å²) in [6.45, 7) is 0. The van der Waals surface area contributed by atoms with E-state index in [1.54, 1.807) is 48.5 Å². The fourth-order valence-corrected chi connectivity index (χ4v) is 4.05. The van der Waals surface area contributed by atoms with Crippen LogP contribution in [0.4, 0.5) is 5.69 Å². The van der Waals surface area contributed by atoms with Crippen molar-refractivity contribution in [3.63, 3.8) is 0 Å². The number of hydrogen-bond acceptors (Lipinski definition) is 4. The Morgan fingerprint density at radius 3 is 2.18 bits per heavy atom. The molecule has 0 bridgehead atoms. The Morgan fingerprint density at radius 2 is 1.54 bits per heavy atom. The number of aromatic carboxylic acids is 1. The molecule has 7 heteroatoms. The van der Waals surface area contributed by atoms with Crippen LogP contribution >= 0.6 is 0 Å². The fourth-order valence-electron chi connectivity index (χ4n) is 2.98. The standard InChI is InChI=1S/C21H15NO5S/c23-21(24)19-17-13-15(22-28(25,26)16-9-5-2-6-10-16)11-12-18(17)27-20(19)14-7-3-1-4-8-14/h1-13,22H,(H,23,24).